The van der Waals surface area contributed by atoms with Gasteiger partial charge in [-0.25, -0.2) is 9.18 Å². The van der Waals surface area contributed by atoms with Gasteiger partial charge < -0.3 is 34.1 Å². The summed E-state index contributed by atoms with van der Waals surface area (Å²) in [6.07, 6.45) is 1.61. The summed E-state index contributed by atoms with van der Waals surface area (Å²) in [4.78, 5) is 25.0. The third kappa shape index (κ3) is 9.14. The van der Waals surface area contributed by atoms with Gasteiger partial charge in [0.25, 0.3) is 5.91 Å². The fourth-order valence-electron chi connectivity index (χ4n) is 4.25. The lowest BCUT2D eigenvalue weighted by Crippen LogP contribution is -2.39. The van der Waals surface area contributed by atoms with E-state index in [4.69, 9.17) is 28.8 Å². The van der Waals surface area contributed by atoms with Gasteiger partial charge in [0.05, 0.1) is 39.1 Å². The maximum absolute atomic E-state index is 13.2. The summed E-state index contributed by atoms with van der Waals surface area (Å²) >= 11 is 0. The summed E-state index contributed by atoms with van der Waals surface area (Å²) in [6, 6.07) is 12.9. The highest BCUT2D eigenvalue weighted by Crippen LogP contribution is 2.39. The lowest BCUT2D eigenvalue weighted by molar-refractivity contribution is -0.168. The molecule has 1 aliphatic heterocycles. The minimum absolute atomic E-state index is 0.0436. The Labute approximate surface area is 227 Å². The molecule has 0 spiro atoms. The Balaban J connectivity index is 1.79. The number of halogens is 1. The zero-order chi connectivity index (χ0) is 28.0. The number of ether oxygens (including phenoxy) is 5. The van der Waals surface area contributed by atoms with Crippen LogP contribution >= 0.6 is 0 Å². The van der Waals surface area contributed by atoms with Crippen LogP contribution < -0.4 is 5.32 Å². The molecular formula is C29H36FNO8. The first-order chi connectivity index (χ1) is 19.0. The third-order valence-electron chi connectivity index (χ3n) is 6.23. The predicted octanol–water partition coefficient (Wildman–Crippen LogP) is 3.32. The molecule has 212 valence electrons. The van der Waals surface area contributed by atoms with E-state index in [0.717, 1.165) is 11.1 Å². The number of hydrogen-bond acceptors (Lipinski definition) is 8. The SMILES string of the molecule is CCO[C@@H]1OC(C(=O)NCc2ccc(F)cc2)=C[C@H](c2ccc(C(=O)OC)cc2)[C@@H]1CCOCCOCCO. The van der Waals surface area contributed by atoms with Crippen molar-refractivity contribution in [3.05, 3.63) is 82.9 Å². The van der Waals surface area contributed by atoms with Gasteiger partial charge in [0.15, 0.2) is 5.76 Å². The predicted molar refractivity (Wildman–Crippen MR) is 140 cm³/mol. The van der Waals surface area contributed by atoms with Gasteiger partial charge in [0.1, 0.15) is 5.82 Å². The topological polar surface area (TPSA) is 113 Å². The number of carbonyl (C=O) groups is 2. The molecule has 0 aromatic heterocycles. The number of carbonyl (C=O) groups excluding carboxylic acids is 2. The highest BCUT2D eigenvalue weighted by molar-refractivity contribution is 5.92. The number of amides is 1. The molecule has 39 heavy (non-hydrogen) atoms. The Morgan fingerprint density at radius 3 is 2.33 bits per heavy atom. The summed E-state index contributed by atoms with van der Waals surface area (Å²) in [6.45, 7) is 3.78. The first-order valence-corrected chi connectivity index (χ1v) is 12.9. The van der Waals surface area contributed by atoms with Gasteiger partial charge in [-0.3, -0.25) is 4.79 Å². The molecule has 0 unspecified atom stereocenters. The fraction of sp³-hybridized carbons (Fsp3) is 0.448. The Kier molecular flexibility index (Phi) is 12.4. The number of esters is 1. The average molecular weight is 546 g/mol. The van der Waals surface area contributed by atoms with E-state index in [0.29, 0.717) is 38.4 Å². The van der Waals surface area contributed by atoms with Crippen molar-refractivity contribution in [2.45, 2.75) is 32.1 Å². The molecule has 0 aliphatic carbocycles. The minimum Gasteiger partial charge on any atom is -0.465 e. The minimum atomic E-state index is -0.717. The van der Waals surface area contributed by atoms with Gasteiger partial charge in [0.2, 0.25) is 6.29 Å². The molecule has 10 heteroatoms. The van der Waals surface area contributed by atoms with Gasteiger partial charge in [-0.15, -0.1) is 0 Å². The summed E-state index contributed by atoms with van der Waals surface area (Å²) in [5.41, 5.74) is 2.03. The second-order valence-electron chi connectivity index (χ2n) is 8.82. The summed E-state index contributed by atoms with van der Waals surface area (Å²) < 4.78 is 40.9. The molecule has 2 N–H and O–H groups in total. The maximum atomic E-state index is 13.2. The van der Waals surface area contributed by atoms with E-state index in [-0.39, 0.29) is 43.2 Å². The molecule has 2 aromatic carbocycles. The van der Waals surface area contributed by atoms with Crippen molar-refractivity contribution in [1.29, 1.82) is 0 Å². The highest BCUT2D eigenvalue weighted by atomic mass is 19.1. The van der Waals surface area contributed by atoms with Gasteiger partial charge >= 0.3 is 5.97 Å². The first kappa shape index (κ1) is 30.2. The van der Waals surface area contributed by atoms with Gasteiger partial charge in [-0.05, 0) is 54.8 Å². The van der Waals surface area contributed by atoms with Crippen LogP contribution in [0.5, 0.6) is 0 Å². The van der Waals surface area contributed by atoms with Crippen molar-refractivity contribution >= 4 is 11.9 Å². The number of methoxy groups -OCH3 is 1. The normalized spacial score (nSPS) is 18.7. The van der Waals surface area contributed by atoms with E-state index in [1.807, 2.05) is 19.1 Å². The molecule has 3 rings (SSSR count). The molecule has 3 atom stereocenters. The number of aliphatic hydroxyl groups excluding tert-OH is 1. The Hall–Kier alpha value is -3.31. The van der Waals surface area contributed by atoms with Crippen LogP contribution in [0.4, 0.5) is 4.39 Å². The summed E-state index contributed by atoms with van der Waals surface area (Å²) in [5, 5.41) is 11.6. The van der Waals surface area contributed by atoms with Crippen molar-refractivity contribution < 1.29 is 42.8 Å². The zero-order valence-corrected chi connectivity index (χ0v) is 22.3. The van der Waals surface area contributed by atoms with Crippen molar-refractivity contribution in [1.82, 2.24) is 5.32 Å². The number of aliphatic hydroxyl groups is 1. The van der Waals surface area contributed by atoms with Crippen molar-refractivity contribution in [3.63, 3.8) is 0 Å². The molecule has 9 nitrogen and oxygen atoms in total. The average Bonchev–Trinajstić information content (AvgIpc) is 2.96. The first-order valence-electron chi connectivity index (χ1n) is 12.9. The van der Waals surface area contributed by atoms with Crippen LogP contribution in [0.3, 0.4) is 0 Å². The van der Waals surface area contributed by atoms with E-state index >= 15 is 0 Å². The van der Waals surface area contributed by atoms with E-state index < -0.39 is 18.2 Å². The fourth-order valence-corrected chi connectivity index (χ4v) is 4.25. The summed E-state index contributed by atoms with van der Waals surface area (Å²) in [7, 11) is 1.33. The van der Waals surface area contributed by atoms with Gasteiger partial charge in [-0.1, -0.05) is 24.3 Å². The van der Waals surface area contributed by atoms with Crippen LogP contribution in [0.25, 0.3) is 0 Å². The molecule has 0 fully saturated rings. The largest absolute Gasteiger partial charge is 0.465 e. The van der Waals surface area contributed by atoms with Crippen LogP contribution in [0.15, 0.2) is 60.4 Å². The van der Waals surface area contributed by atoms with Gasteiger partial charge in [0, 0.05) is 31.6 Å². The lowest BCUT2D eigenvalue weighted by atomic mass is 9.81. The van der Waals surface area contributed by atoms with Crippen molar-refractivity contribution in [2.24, 2.45) is 5.92 Å². The molecule has 0 saturated heterocycles. The maximum Gasteiger partial charge on any atom is 0.337 e. The molecule has 1 aliphatic rings. The Bertz CT molecular complexity index is 1070. The lowest BCUT2D eigenvalue weighted by Gasteiger charge is -2.37. The number of allylic oxidation sites excluding steroid dienone is 1. The smallest absolute Gasteiger partial charge is 0.337 e. The molecule has 0 bridgehead atoms. The number of rotatable bonds is 15. The number of hydrogen-bond donors (Lipinski definition) is 2. The standard InChI is InChI=1S/C29H36FNO8/c1-3-38-29-24(12-14-36-16-17-37-15-13-32)25(21-6-8-22(9-7-21)28(34)35-2)18-26(39-29)27(33)31-19-20-4-10-23(30)11-5-20/h4-11,18,24-25,29,32H,3,12-17,19H2,1-2H3,(H,31,33)/t24-,25+,29+/m0/s1. The monoisotopic (exact) mass is 545 g/mol. The third-order valence-corrected chi connectivity index (χ3v) is 6.23. The van der Waals surface area contributed by atoms with E-state index in [1.165, 1.54) is 19.2 Å². The van der Waals surface area contributed by atoms with Crippen molar-refractivity contribution in [3.8, 4) is 0 Å². The van der Waals surface area contributed by atoms with Gasteiger partial charge in [-0.2, -0.15) is 0 Å². The van der Waals surface area contributed by atoms with E-state index in [1.54, 1.807) is 30.3 Å². The molecule has 1 heterocycles. The molecule has 2 aromatic rings. The molecule has 0 saturated carbocycles. The van der Waals surface area contributed by atoms with Crippen LogP contribution in [0.1, 0.15) is 40.7 Å². The number of nitrogens with one attached hydrogen (secondary N) is 1. The molecule has 0 radical (unpaired) electrons. The summed E-state index contributed by atoms with van der Waals surface area (Å²) in [5.74, 6) is -1.56. The Morgan fingerprint density at radius 1 is 1.00 bits per heavy atom. The van der Waals surface area contributed by atoms with E-state index in [9.17, 15) is 14.0 Å². The van der Waals surface area contributed by atoms with Crippen molar-refractivity contribution in [2.75, 3.05) is 46.8 Å². The van der Waals surface area contributed by atoms with Crippen LogP contribution in [0, 0.1) is 11.7 Å². The van der Waals surface area contributed by atoms with Crippen LogP contribution in [0.2, 0.25) is 0 Å². The molecular weight excluding hydrogens is 509 g/mol. The zero-order valence-electron chi connectivity index (χ0n) is 22.3. The quantitative estimate of drug-likeness (QED) is 0.259. The van der Waals surface area contributed by atoms with E-state index in [2.05, 4.69) is 5.32 Å². The Morgan fingerprint density at radius 2 is 1.69 bits per heavy atom. The molecule has 1 amide bonds. The second kappa shape index (κ2) is 15.9. The van der Waals surface area contributed by atoms with Crippen LogP contribution in [-0.2, 0) is 35.0 Å². The number of benzene rings is 2. The van der Waals surface area contributed by atoms with Crippen LogP contribution in [-0.4, -0.2) is 70.0 Å². The second-order valence-corrected chi connectivity index (χ2v) is 8.82. The highest BCUT2D eigenvalue weighted by Gasteiger charge is 2.38.